The molecule has 1 aliphatic heterocycles. The number of carbonyl (C=O) groups is 1. The van der Waals surface area contributed by atoms with Crippen molar-refractivity contribution in [2.24, 2.45) is 0 Å². The Kier molecular flexibility index (Phi) is 2.65. The number of hydrogen-bond acceptors (Lipinski definition) is 4. The second kappa shape index (κ2) is 4.46. The molecule has 0 saturated heterocycles. The van der Waals surface area contributed by atoms with Crippen molar-refractivity contribution in [1.82, 2.24) is 10.2 Å². The van der Waals surface area contributed by atoms with E-state index in [2.05, 4.69) is 15.5 Å². The summed E-state index contributed by atoms with van der Waals surface area (Å²) in [7, 11) is 0. The normalized spacial score (nSPS) is 16.3. The van der Waals surface area contributed by atoms with Crippen LogP contribution in [0.1, 0.15) is 11.1 Å². The summed E-state index contributed by atoms with van der Waals surface area (Å²) in [5.41, 5.74) is 1.30. The first-order valence-corrected chi connectivity index (χ1v) is 5.77. The van der Waals surface area contributed by atoms with Gasteiger partial charge in [-0.2, -0.15) is 10.4 Å². The van der Waals surface area contributed by atoms with E-state index in [1.165, 1.54) is 6.20 Å². The lowest BCUT2D eigenvalue weighted by Crippen LogP contribution is -2.31. The summed E-state index contributed by atoms with van der Waals surface area (Å²) in [5.74, 6) is 0.733. The van der Waals surface area contributed by atoms with E-state index in [1.54, 1.807) is 0 Å². The zero-order valence-corrected chi connectivity index (χ0v) is 9.88. The van der Waals surface area contributed by atoms with Crippen molar-refractivity contribution in [1.29, 1.82) is 5.26 Å². The minimum atomic E-state index is -0.577. The average Bonchev–Trinajstić information content (AvgIpc) is 3.03. The van der Waals surface area contributed by atoms with Crippen LogP contribution in [0.2, 0.25) is 0 Å². The first kappa shape index (κ1) is 11.3. The molecule has 2 heterocycles. The number of nitriles is 1. The minimum Gasteiger partial charge on any atom is -0.480 e. The molecule has 0 spiro atoms. The van der Waals surface area contributed by atoms with Gasteiger partial charge in [-0.05, 0) is 11.6 Å². The molecule has 0 aliphatic carbocycles. The molecule has 2 aromatic rings. The van der Waals surface area contributed by atoms with Gasteiger partial charge in [0.05, 0.1) is 6.20 Å². The Morgan fingerprint density at radius 2 is 2.37 bits per heavy atom. The molecule has 0 radical (unpaired) electrons. The van der Waals surface area contributed by atoms with Crippen LogP contribution in [-0.2, 0) is 11.2 Å². The standard InChI is InChI=1S/C13H10N4O2/c14-6-9-7-15-17-12(9)16-13(18)11-5-8-3-1-2-4-10(8)19-11/h1-4,7,11H,5H2,(H2,15,16,17,18). The summed E-state index contributed by atoms with van der Waals surface area (Å²) in [6, 6.07) is 9.47. The van der Waals surface area contributed by atoms with Gasteiger partial charge in [-0.15, -0.1) is 0 Å². The zero-order chi connectivity index (χ0) is 13.2. The van der Waals surface area contributed by atoms with E-state index in [1.807, 2.05) is 30.3 Å². The third-order valence-electron chi connectivity index (χ3n) is 2.95. The molecule has 2 N–H and O–H groups in total. The van der Waals surface area contributed by atoms with Gasteiger partial charge in [0.1, 0.15) is 23.2 Å². The first-order chi connectivity index (χ1) is 9.28. The average molecular weight is 254 g/mol. The van der Waals surface area contributed by atoms with Crippen molar-refractivity contribution in [3.8, 4) is 11.8 Å². The van der Waals surface area contributed by atoms with Gasteiger partial charge in [-0.3, -0.25) is 9.89 Å². The molecule has 1 aromatic carbocycles. The molecule has 19 heavy (non-hydrogen) atoms. The van der Waals surface area contributed by atoms with Crippen molar-refractivity contribution >= 4 is 11.7 Å². The number of rotatable bonds is 2. The Morgan fingerprint density at radius 1 is 1.53 bits per heavy atom. The Labute approximate surface area is 109 Å². The van der Waals surface area contributed by atoms with Crippen LogP contribution < -0.4 is 10.1 Å². The van der Waals surface area contributed by atoms with Crippen LogP contribution in [-0.4, -0.2) is 22.2 Å². The van der Waals surface area contributed by atoms with Crippen molar-refractivity contribution in [3.05, 3.63) is 41.6 Å². The van der Waals surface area contributed by atoms with Crippen molar-refractivity contribution in [2.45, 2.75) is 12.5 Å². The highest BCUT2D eigenvalue weighted by Crippen LogP contribution is 2.28. The molecule has 1 aliphatic rings. The van der Waals surface area contributed by atoms with Crippen LogP contribution in [0.4, 0.5) is 5.82 Å². The van der Waals surface area contributed by atoms with Crippen molar-refractivity contribution in [2.75, 3.05) is 5.32 Å². The third-order valence-corrected chi connectivity index (χ3v) is 2.95. The summed E-state index contributed by atoms with van der Waals surface area (Å²) in [5, 5.41) is 17.7. The number of para-hydroxylation sites is 1. The number of amides is 1. The second-order valence-corrected chi connectivity index (χ2v) is 4.18. The minimum absolute atomic E-state index is 0.294. The molecule has 0 saturated carbocycles. The van der Waals surface area contributed by atoms with E-state index in [-0.39, 0.29) is 5.91 Å². The van der Waals surface area contributed by atoms with Gasteiger partial charge in [-0.25, -0.2) is 0 Å². The van der Waals surface area contributed by atoms with Crippen LogP contribution >= 0.6 is 0 Å². The highest BCUT2D eigenvalue weighted by atomic mass is 16.5. The number of H-pyrrole nitrogens is 1. The lowest BCUT2D eigenvalue weighted by Gasteiger charge is -2.10. The van der Waals surface area contributed by atoms with Crippen LogP contribution in [0, 0.1) is 11.3 Å². The van der Waals surface area contributed by atoms with E-state index < -0.39 is 6.10 Å². The SMILES string of the molecule is N#Cc1cn[nH]c1NC(=O)C1Cc2ccccc2O1. The highest BCUT2D eigenvalue weighted by molar-refractivity contribution is 5.95. The number of ether oxygens (including phenoxy) is 1. The number of nitrogens with zero attached hydrogens (tertiary/aromatic N) is 2. The van der Waals surface area contributed by atoms with Gasteiger partial charge in [0, 0.05) is 6.42 Å². The highest BCUT2D eigenvalue weighted by Gasteiger charge is 2.29. The van der Waals surface area contributed by atoms with Gasteiger partial charge >= 0.3 is 0 Å². The molecule has 94 valence electrons. The van der Waals surface area contributed by atoms with E-state index in [0.717, 1.165) is 11.3 Å². The summed E-state index contributed by atoms with van der Waals surface area (Å²) in [6.07, 6.45) is 1.31. The zero-order valence-electron chi connectivity index (χ0n) is 9.88. The Hall–Kier alpha value is -2.81. The van der Waals surface area contributed by atoms with Crippen LogP contribution in [0.25, 0.3) is 0 Å². The number of nitrogens with one attached hydrogen (secondary N) is 2. The summed E-state index contributed by atoms with van der Waals surface area (Å²) >= 11 is 0. The number of benzene rings is 1. The largest absolute Gasteiger partial charge is 0.480 e. The maximum atomic E-state index is 12.1. The van der Waals surface area contributed by atoms with E-state index in [9.17, 15) is 4.79 Å². The third kappa shape index (κ3) is 2.02. The van der Waals surface area contributed by atoms with E-state index in [4.69, 9.17) is 10.00 Å². The van der Waals surface area contributed by atoms with Crippen LogP contribution in [0.15, 0.2) is 30.5 Å². The molecule has 6 nitrogen and oxygen atoms in total. The predicted octanol–water partition coefficient (Wildman–Crippen LogP) is 1.22. The van der Waals surface area contributed by atoms with Crippen molar-refractivity contribution in [3.63, 3.8) is 0 Å². The van der Waals surface area contributed by atoms with Gasteiger partial charge in [0.2, 0.25) is 0 Å². The van der Waals surface area contributed by atoms with Gasteiger partial charge in [0.15, 0.2) is 6.10 Å². The van der Waals surface area contributed by atoms with Crippen LogP contribution in [0.3, 0.4) is 0 Å². The number of hydrogen-bond donors (Lipinski definition) is 2. The molecule has 1 aromatic heterocycles. The summed E-state index contributed by atoms with van der Waals surface area (Å²) in [6.45, 7) is 0. The van der Waals surface area contributed by atoms with Gasteiger partial charge in [-0.1, -0.05) is 18.2 Å². The smallest absolute Gasteiger partial charge is 0.266 e. The fraction of sp³-hybridized carbons (Fsp3) is 0.154. The fourth-order valence-corrected chi connectivity index (χ4v) is 2.00. The molecule has 6 heteroatoms. The second-order valence-electron chi connectivity index (χ2n) is 4.18. The number of aromatic amines is 1. The number of carbonyl (C=O) groups excluding carboxylic acids is 1. The molecule has 1 unspecified atom stereocenters. The molecular formula is C13H10N4O2. The van der Waals surface area contributed by atoms with E-state index >= 15 is 0 Å². The molecule has 1 amide bonds. The van der Waals surface area contributed by atoms with Crippen LogP contribution in [0.5, 0.6) is 5.75 Å². The van der Waals surface area contributed by atoms with Crippen molar-refractivity contribution < 1.29 is 9.53 Å². The van der Waals surface area contributed by atoms with Gasteiger partial charge < -0.3 is 10.1 Å². The summed E-state index contributed by atoms with van der Waals surface area (Å²) < 4.78 is 5.56. The number of aromatic nitrogens is 2. The lowest BCUT2D eigenvalue weighted by atomic mass is 10.1. The molecular weight excluding hydrogens is 244 g/mol. The molecule has 1 atom stereocenters. The maximum absolute atomic E-state index is 12.1. The molecule has 0 bridgehead atoms. The number of anilines is 1. The topological polar surface area (TPSA) is 90.8 Å². The first-order valence-electron chi connectivity index (χ1n) is 5.77. The predicted molar refractivity (Wildman–Crippen MR) is 66.5 cm³/mol. The quantitative estimate of drug-likeness (QED) is 0.843. The Bertz CT molecular complexity index is 646. The molecule has 3 rings (SSSR count). The Balaban J connectivity index is 1.72. The lowest BCUT2D eigenvalue weighted by molar-refractivity contribution is -0.122. The summed E-state index contributed by atoms with van der Waals surface area (Å²) in [4.78, 5) is 12.1. The van der Waals surface area contributed by atoms with E-state index in [0.29, 0.717) is 17.8 Å². The molecule has 0 fully saturated rings. The van der Waals surface area contributed by atoms with Gasteiger partial charge in [0.25, 0.3) is 5.91 Å². The fourth-order valence-electron chi connectivity index (χ4n) is 2.00. The monoisotopic (exact) mass is 254 g/mol. The Morgan fingerprint density at radius 3 is 3.16 bits per heavy atom. The number of fused-ring (bicyclic) bond motifs is 1. The maximum Gasteiger partial charge on any atom is 0.266 e.